The first-order valence-corrected chi connectivity index (χ1v) is 7.02. The van der Waals surface area contributed by atoms with Crippen molar-refractivity contribution in [1.82, 2.24) is 10.5 Å². The molecule has 3 rings (SSSR count). The number of hydrogen-bond acceptors (Lipinski definition) is 4. The number of nitrogens with one attached hydrogen (secondary N) is 1. The number of aliphatic hydroxyl groups is 1. The van der Waals surface area contributed by atoms with E-state index >= 15 is 0 Å². The molecule has 106 valence electrons. The number of carbonyl (C=O) groups excluding carboxylic acids is 1. The number of amides is 1. The van der Waals surface area contributed by atoms with Crippen molar-refractivity contribution in [2.75, 3.05) is 6.54 Å². The molecule has 0 radical (unpaired) electrons. The van der Waals surface area contributed by atoms with Crippen molar-refractivity contribution in [2.24, 2.45) is 5.92 Å². The molecule has 2 unspecified atom stereocenters. The first-order chi connectivity index (χ1) is 9.74. The van der Waals surface area contributed by atoms with Gasteiger partial charge in [-0.05, 0) is 25.0 Å². The molecule has 0 aliphatic heterocycles. The fourth-order valence-corrected chi connectivity index (χ4v) is 2.78. The van der Waals surface area contributed by atoms with E-state index in [-0.39, 0.29) is 24.3 Å². The van der Waals surface area contributed by atoms with Crippen molar-refractivity contribution in [3.8, 4) is 0 Å². The topological polar surface area (TPSA) is 75.4 Å². The quantitative estimate of drug-likeness (QED) is 0.889. The van der Waals surface area contributed by atoms with Gasteiger partial charge in [-0.25, -0.2) is 0 Å². The molecule has 5 heteroatoms. The van der Waals surface area contributed by atoms with Crippen molar-refractivity contribution in [3.63, 3.8) is 0 Å². The van der Waals surface area contributed by atoms with Crippen LogP contribution in [0.5, 0.6) is 0 Å². The van der Waals surface area contributed by atoms with Gasteiger partial charge >= 0.3 is 0 Å². The zero-order chi connectivity index (χ0) is 13.9. The van der Waals surface area contributed by atoms with E-state index in [0.29, 0.717) is 17.8 Å². The molecule has 0 bridgehead atoms. The van der Waals surface area contributed by atoms with Gasteiger partial charge in [0, 0.05) is 17.8 Å². The predicted octanol–water partition coefficient (Wildman–Crippen LogP) is 1.65. The molecule has 2 aromatic rings. The lowest BCUT2D eigenvalue weighted by Crippen LogP contribution is -2.33. The zero-order valence-electron chi connectivity index (χ0n) is 11.2. The Labute approximate surface area is 116 Å². The standard InChI is InChI=1S/C15H18N2O3/c18-13-6-3-4-10(13)9-16-15(19)8-12-11-5-1-2-7-14(11)20-17-12/h1-2,5,7,10,13,18H,3-4,6,8-9H2,(H,16,19). The highest BCUT2D eigenvalue weighted by molar-refractivity contribution is 5.86. The number of carbonyl (C=O) groups is 1. The number of para-hydroxylation sites is 1. The molecule has 5 nitrogen and oxygen atoms in total. The van der Waals surface area contributed by atoms with Crippen molar-refractivity contribution >= 4 is 16.9 Å². The first-order valence-electron chi connectivity index (χ1n) is 7.02. The number of hydrogen-bond donors (Lipinski definition) is 2. The Morgan fingerprint density at radius 1 is 1.40 bits per heavy atom. The molecule has 1 aliphatic rings. The molecule has 1 amide bonds. The van der Waals surface area contributed by atoms with E-state index in [1.165, 1.54) is 0 Å². The summed E-state index contributed by atoms with van der Waals surface area (Å²) >= 11 is 0. The maximum atomic E-state index is 11.9. The van der Waals surface area contributed by atoms with Crippen molar-refractivity contribution in [3.05, 3.63) is 30.0 Å². The van der Waals surface area contributed by atoms with Crippen molar-refractivity contribution < 1.29 is 14.4 Å². The molecule has 1 saturated carbocycles. The SMILES string of the molecule is O=C(Cc1noc2ccccc12)NCC1CCCC1O. The van der Waals surface area contributed by atoms with Gasteiger partial charge in [-0.1, -0.05) is 23.7 Å². The fourth-order valence-electron chi connectivity index (χ4n) is 2.78. The van der Waals surface area contributed by atoms with Crippen LogP contribution in [-0.4, -0.2) is 28.8 Å². The number of benzene rings is 1. The third-order valence-corrected chi connectivity index (χ3v) is 3.96. The highest BCUT2D eigenvalue weighted by Crippen LogP contribution is 2.24. The summed E-state index contributed by atoms with van der Waals surface area (Å²) in [5.41, 5.74) is 1.35. The molecular formula is C15H18N2O3. The molecule has 2 N–H and O–H groups in total. The van der Waals surface area contributed by atoms with Crippen LogP contribution in [0.4, 0.5) is 0 Å². The summed E-state index contributed by atoms with van der Waals surface area (Å²) in [6.45, 7) is 0.537. The zero-order valence-corrected chi connectivity index (χ0v) is 11.2. The van der Waals surface area contributed by atoms with Crippen LogP contribution >= 0.6 is 0 Å². The number of fused-ring (bicyclic) bond motifs is 1. The van der Waals surface area contributed by atoms with E-state index in [2.05, 4.69) is 10.5 Å². The smallest absolute Gasteiger partial charge is 0.226 e. The molecule has 0 spiro atoms. The van der Waals surface area contributed by atoms with E-state index < -0.39 is 0 Å². The average molecular weight is 274 g/mol. The van der Waals surface area contributed by atoms with Gasteiger partial charge in [0.05, 0.1) is 12.5 Å². The Balaban J connectivity index is 1.58. The normalized spacial score (nSPS) is 22.2. The maximum absolute atomic E-state index is 11.9. The van der Waals surface area contributed by atoms with Gasteiger partial charge in [0.25, 0.3) is 0 Å². The average Bonchev–Trinajstić information content (AvgIpc) is 3.04. The largest absolute Gasteiger partial charge is 0.393 e. The van der Waals surface area contributed by atoms with Crippen LogP contribution in [0.3, 0.4) is 0 Å². The van der Waals surface area contributed by atoms with Crippen LogP contribution in [0, 0.1) is 5.92 Å². The third-order valence-electron chi connectivity index (χ3n) is 3.96. The second-order valence-electron chi connectivity index (χ2n) is 5.36. The van der Waals surface area contributed by atoms with Crippen molar-refractivity contribution in [2.45, 2.75) is 31.8 Å². The summed E-state index contributed by atoms with van der Waals surface area (Å²) in [5.74, 6) is 0.108. The van der Waals surface area contributed by atoms with Crippen LogP contribution in [0.25, 0.3) is 11.0 Å². The van der Waals surface area contributed by atoms with Gasteiger partial charge in [-0.15, -0.1) is 0 Å². The summed E-state index contributed by atoms with van der Waals surface area (Å²) in [6.07, 6.45) is 2.79. The second kappa shape index (κ2) is 5.63. The van der Waals surface area contributed by atoms with Gasteiger partial charge < -0.3 is 14.9 Å². The molecule has 2 atom stereocenters. The minimum atomic E-state index is -0.275. The summed E-state index contributed by atoms with van der Waals surface area (Å²) in [4.78, 5) is 11.9. The van der Waals surface area contributed by atoms with Gasteiger partial charge in [-0.2, -0.15) is 0 Å². The van der Waals surface area contributed by atoms with Gasteiger partial charge in [0.1, 0.15) is 5.69 Å². The minimum absolute atomic E-state index is 0.0804. The Kier molecular flexibility index (Phi) is 3.69. The Bertz CT molecular complexity index is 608. The van der Waals surface area contributed by atoms with Gasteiger partial charge in [0.15, 0.2) is 5.58 Å². The van der Waals surface area contributed by atoms with Crippen LogP contribution < -0.4 is 5.32 Å². The summed E-state index contributed by atoms with van der Waals surface area (Å²) in [5, 5.41) is 17.4. The van der Waals surface area contributed by atoms with Crippen LogP contribution in [-0.2, 0) is 11.2 Å². The molecule has 0 saturated heterocycles. The lowest BCUT2D eigenvalue weighted by atomic mass is 10.1. The lowest BCUT2D eigenvalue weighted by Gasteiger charge is -2.14. The fraction of sp³-hybridized carbons (Fsp3) is 0.467. The number of aliphatic hydroxyl groups excluding tert-OH is 1. The van der Waals surface area contributed by atoms with E-state index in [4.69, 9.17) is 4.52 Å². The maximum Gasteiger partial charge on any atom is 0.226 e. The molecule has 1 fully saturated rings. The number of rotatable bonds is 4. The molecule has 1 aromatic heterocycles. The van der Waals surface area contributed by atoms with E-state index in [0.717, 1.165) is 24.6 Å². The predicted molar refractivity (Wildman–Crippen MR) is 74.1 cm³/mol. The molecule has 1 heterocycles. The Hall–Kier alpha value is -1.88. The Morgan fingerprint density at radius 3 is 3.05 bits per heavy atom. The summed E-state index contributed by atoms with van der Waals surface area (Å²) in [6, 6.07) is 7.50. The Morgan fingerprint density at radius 2 is 2.25 bits per heavy atom. The molecule has 20 heavy (non-hydrogen) atoms. The van der Waals surface area contributed by atoms with E-state index in [1.54, 1.807) is 0 Å². The lowest BCUT2D eigenvalue weighted by molar-refractivity contribution is -0.120. The highest BCUT2D eigenvalue weighted by atomic mass is 16.5. The molecule has 1 aliphatic carbocycles. The van der Waals surface area contributed by atoms with E-state index in [9.17, 15) is 9.90 Å². The number of aromatic nitrogens is 1. The minimum Gasteiger partial charge on any atom is -0.393 e. The summed E-state index contributed by atoms with van der Waals surface area (Å²) < 4.78 is 5.17. The van der Waals surface area contributed by atoms with E-state index in [1.807, 2.05) is 24.3 Å². The van der Waals surface area contributed by atoms with Crippen molar-refractivity contribution in [1.29, 1.82) is 0 Å². The molecule has 1 aromatic carbocycles. The van der Waals surface area contributed by atoms with Crippen LogP contribution in [0.1, 0.15) is 25.0 Å². The highest BCUT2D eigenvalue weighted by Gasteiger charge is 2.25. The second-order valence-corrected chi connectivity index (χ2v) is 5.36. The van der Waals surface area contributed by atoms with Gasteiger partial charge in [-0.3, -0.25) is 4.79 Å². The summed E-state index contributed by atoms with van der Waals surface area (Å²) in [7, 11) is 0. The molecular weight excluding hydrogens is 256 g/mol. The van der Waals surface area contributed by atoms with Crippen LogP contribution in [0.15, 0.2) is 28.8 Å². The van der Waals surface area contributed by atoms with Gasteiger partial charge in [0.2, 0.25) is 5.91 Å². The monoisotopic (exact) mass is 274 g/mol. The van der Waals surface area contributed by atoms with Crippen LogP contribution in [0.2, 0.25) is 0 Å². The third kappa shape index (κ3) is 2.67. The number of nitrogens with zero attached hydrogens (tertiary/aromatic N) is 1. The first kappa shape index (κ1) is 13.1.